The van der Waals surface area contributed by atoms with Crippen LogP contribution in [0.25, 0.3) is 0 Å². The Bertz CT molecular complexity index is 381. The van der Waals surface area contributed by atoms with Gasteiger partial charge in [-0.2, -0.15) is 0 Å². The second kappa shape index (κ2) is 5.59. The second-order valence-corrected chi connectivity index (χ2v) is 6.04. The Balaban J connectivity index is 2.18. The Morgan fingerprint density at radius 1 is 1.21 bits per heavy atom. The monoisotopic (exact) mass is 270 g/mol. The number of carboxylic acids is 1. The molecule has 6 nitrogen and oxygen atoms in total. The molecule has 19 heavy (non-hydrogen) atoms. The highest BCUT2D eigenvalue weighted by Gasteiger charge is 2.51. The third-order valence-electron chi connectivity index (χ3n) is 3.09. The Morgan fingerprint density at radius 3 is 2.21 bits per heavy atom. The smallest absolute Gasteiger partial charge is 0.329 e. The zero-order chi connectivity index (χ0) is 14.7. The zero-order valence-electron chi connectivity index (χ0n) is 11.7. The van der Waals surface area contributed by atoms with Crippen LogP contribution >= 0.6 is 0 Å². The molecule has 1 aliphatic rings. The second-order valence-electron chi connectivity index (χ2n) is 6.04. The molecule has 0 atom stereocenters. The summed E-state index contributed by atoms with van der Waals surface area (Å²) in [7, 11) is 0. The summed E-state index contributed by atoms with van der Waals surface area (Å²) in [5.74, 6) is -1.30. The van der Waals surface area contributed by atoms with Gasteiger partial charge in [-0.05, 0) is 19.3 Å². The molecule has 2 amide bonds. The van der Waals surface area contributed by atoms with Crippen LogP contribution in [0.4, 0.5) is 0 Å². The van der Waals surface area contributed by atoms with Gasteiger partial charge in [-0.25, -0.2) is 4.79 Å². The van der Waals surface area contributed by atoms with E-state index in [1.54, 1.807) is 0 Å². The van der Waals surface area contributed by atoms with Crippen LogP contribution in [0.5, 0.6) is 0 Å². The lowest BCUT2D eigenvalue weighted by Gasteiger charge is -2.17. The molecular weight excluding hydrogens is 248 g/mol. The minimum absolute atomic E-state index is 0.0582. The summed E-state index contributed by atoms with van der Waals surface area (Å²) in [6.07, 6.45) is 1.71. The highest BCUT2D eigenvalue weighted by atomic mass is 16.4. The lowest BCUT2D eigenvalue weighted by Crippen LogP contribution is -2.43. The maximum atomic E-state index is 11.6. The predicted octanol–water partition coefficient (Wildman–Crippen LogP) is 0.662. The number of carboxylic acid groups (broad SMARTS) is 1. The molecule has 0 radical (unpaired) electrons. The maximum Gasteiger partial charge on any atom is 0.329 e. The molecular formula is C13H22N2O4. The molecule has 6 heteroatoms. The number of hydrogen-bond acceptors (Lipinski definition) is 3. The molecule has 3 N–H and O–H groups in total. The molecule has 0 heterocycles. The Labute approximate surface area is 112 Å². The van der Waals surface area contributed by atoms with Gasteiger partial charge in [0.1, 0.15) is 5.54 Å². The first-order valence-corrected chi connectivity index (χ1v) is 6.50. The Hall–Kier alpha value is -1.59. The molecule has 108 valence electrons. The molecule has 0 aromatic carbocycles. The van der Waals surface area contributed by atoms with Gasteiger partial charge in [0, 0.05) is 18.4 Å². The summed E-state index contributed by atoms with van der Waals surface area (Å²) < 4.78 is 0. The number of rotatable bonds is 6. The van der Waals surface area contributed by atoms with E-state index in [0.29, 0.717) is 25.8 Å². The van der Waals surface area contributed by atoms with E-state index in [1.165, 1.54) is 0 Å². The number of carbonyl (C=O) groups excluding carboxylic acids is 2. The van der Waals surface area contributed by atoms with Gasteiger partial charge in [-0.1, -0.05) is 20.8 Å². The van der Waals surface area contributed by atoms with Crippen molar-refractivity contribution in [2.75, 3.05) is 6.54 Å². The van der Waals surface area contributed by atoms with Crippen LogP contribution in [-0.2, 0) is 14.4 Å². The first kappa shape index (κ1) is 15.5. The van der Waals surface area contributed by atoms with Crippen LogP contribution < -0.4 is 10.6 Å². The van der Waals surface area contributed by atoms with Crippen molar-refractivity contribution in [2.45, 2.75) is 52.0 Å². The van der Waals surface area contributed by atoms with Crippen molar-refractivity contribution in [1.29, 1.82) is 0 Å². The van der Waals surface area contributed by atoms with Gasteiger partial charge < -0.3 is 15.7 Å². The summed E-state index contributed by atoms with van der Waals surface area (Å²) in [4.78, 5) is 34.0. The number of carbonyl (C=O) groups is 3. The summed E-state index contributed by atoms with van der Waals surface area (Å²) in [5, 5.41) is 14.2. The van der Waals surface area contributed by atoms with Gasteiger partial charge >= 0.3 is 5.97 Å². The molecule has 1 fully saturated rings. The Kier molecular flexibility index (Phi) is 4.55. The quantitative estimate of drug-likeness (QED) is 0.618. The van der Waals surface area contributed by atoms with Gasteiger partial charge in [0.15, 0.2) is 0 Å². The van der Waals surface area contributed by atoms with E-state index in [-0.39, 0.29) is 18.2 Å². The van der Waals surface area contributed by atoms with Crippen LogP contribution in [0.1, 0.15) is 46.5 Å². The van der Waals surface area contributed by atoms with Crippen LogP contribution in [-0.4, -0.2) is 35.0 Å². The van der Waals surface area contributed by atoms with Crippen molar-refractivity contribution < 1.29 is 19.5 Å². The molecule has 0 saturated heterocycles. The summed E-state index contributed by atoms with van der Waals surface area (Å²) in [5.41, 5.74) is -1.46. The van der Waals surface area contributed by atoms with Crippen molar-refractivity contribution in [1.82, 2.24) is 10.6 Å². The van der Waals surface area contributed by atoms with Gasteiger partial charge in [0.05, 0.1) is 0 Å². The largest absolute Gasteiger partial charge is 0.480 e. The lowest BCUT2D eigenvalue weighted by atomic mass is 9.96. The van der Waals surface area contributed by atoms with Crippen molar-refractivity contribution >= 4 is 17.8 Å². The van der Waals surface area contributed by atoms with E-state index in [2.05, 4.69) is 10.6 Å². The molecule has 1 rings (SSSR count). The minimum Gasteiger partial charge on any atom is -0.480 e. The average Bonchev–Trinajstić information content (AvgIpc) is 3.03. The SMILES string of the molecule is CC(C)(C)C(=O)NCCCC(=O)NC1(C(=O)O)CC1. The highest BCUT2D eigenvalue weighted by molar-refractivity contribution is 5.89. The van der Waals surface area contributed by atoms with E-state index >= 15 is 0 Å². The van der Waals surface area contributed by atoms with Crippen molar-refractivity contribution in [3.05, 3.63) is 0 Å². The number of aliphatic carboxylic acids is 1. The standard InChI is InChI=1S/C13H22N2O4/c1-12(2,3)10(17)14-8-4-5-9(16)15-13(6-7-13)11(18)19/h4-8H2,1-3H3,(H,14,17)(H,15,16)(H,18,19). The normalized spacial score (nSPS) is 16.6. The lowest BCUT2D eigenvalue weighted by molar-refractivity contribution is -0.143. The van der Waals surface area contributed by atoms with Crippen molar-refractivity contribution in [3.63, 3.8) is 0 Å². The number of amides is 2. The maximum absolute atomic E-state index is 11.6. The highest BCUT2D eigenvalue weighted by Crippen LogP contribution is 2.35. The van der Waals surface area contributed by atoms with E-state index in [4.69, 9.17) is 5.11 Å². The minimum atomic E-state index is -1.02. The first-order chi connectivity index (χ1) is 8.67. The molecule has 0 spiro atoms. The summed E-state index contributed by atoms with van der Waals surface area (Å²) >= 11 is 0. The fourth-order valence-corrected chi connectivity index (χ4v) is 1.56. The average molecular weight is 270 g/mol. The molecule has 1 aliphatic carbocycles. The summed E-state index contributed by atoms with van der Waals surface area (Å²) in [6, 6.07) is 0. The first-order valence-electron chi connectivity index (χ1n) is 6.50. The molecule has 0 bridgehead atoms. The molecule has 1 saturated carbocycles. The fraction of sp³-hybridized carbons (Fsp3) is 0.769. The van der Waals surface area contributed by atoms with E-state index in [9.17, 15) is 14.4 Å². The van der Waals surface area contributed by atoms with Crippen LogP contribution in [0.15, 0.2) is 0 Å². The fourth-order valence-electron chi connectivity index (χ4n) is 1.56. The van der Waals surface area contributed by atoms with Gasteiger partial charge in [0.25, 0.3) is 0 Å². The van der Waals surface area contributed by atoms with E-state index < -0.39 is 16.9 Å². The molecule has 0 aromatic rings. The molecule has 0 aliphatic heterocycles. The van der Waals surface area contributed by atoms with Crippen LogP contribution in [0.2, 0.25) is 0 Å². The zero-order valence-corrected chi connectivity index (χ0v) is 11.7. The predicted molar refractivity (Wildman–Crippen MR) is 69.4 cm³/mol. The third kappa shape index (κ3) is 4.54. The van der Waals surface area contributed by atoms with E-state index in [1.807, 2.05) is 20.8 Å². The van der Waals surface area contributed by atoms with Gasteiger partial charge in [0.2, 0.25) is 11.8 Å². The Morgan fingerprint density at radius 2 is 1.79 bits per heavy atom. The topological polar surface area (TPSA) is 95.5 Å². The van der Waals surface area contributed by atoms with E-state index in [0.717, 1.165) is 0 Å². The van der Waals surface area contributed by atoms with Gasteiger partial charge in [-0.15, -0.1) is 0 Å². The van der Waals surface area contributed by atoms with Crippen LogP contribution in [0.3, 0.4) is 0 Å². The molecule has 0 aromatic heterocycles. The number of nitrogens with one attached hydrogen (secondary N) is 2. The van der Waals surface area contributed by atoms with Gasteiger partial charge in [-0.3, -0.25) is 9.59 Å². The molecule has 0 unspecified atom stereocenters. The number of hydrogen-bond donors (Lipinski definition) is 3. The van der Waals surface area contributed by atoms with Crippen molar-refractivity contribution in [2.24, 2.45) is 5.41 Å². The van der Waals surface area contributed by atoms with Crippen molar-refractivity contribution in [3.8, 4) is 0 Å². The van der Waals surface area contributed by atoms with Crippen LogP contribution in [0, 0.1) is 5.41 Å². The summed E-state index contributed by atoms with van der Waals surface area (Å²) in [6.45, 7) is 5.87. The third-order valence-corrected chi connectivity index (χ3v) is 3.09.